The number of carbonyl (C=O) groups excluding carboxylic acids is 1. The lowest BCUT2D eigenvalue weighted by molar-refractivity contribution is 0.00574. The molecule has 1 saturated heterocycles. The average molecular weight is 285 g/mol. The fourth-order valence-corrected chi connectivity index (χ4v) is 2.28. The van der Waals surface area contributed by atoms with E-state index in [0.717, 1.165) is 11.1 Å². The number of hydrogen-bond donors (Lipinski definition) is 2. The van der Waals surface area contributed by atoms with Crippen LogP contribution in [0.4, 0.5) is 0 Å². The molecule has 0 spiro atoms. The first-order valence-electron chi connectivity index (χ1n) is 6.68. The molecule has 1 aliphatic heterocycles. The number of β-amino-alcohol motifs (C(OH)–C–C–N with tert-alkyl or cyclic N) is 1. The fraction of sp³-hybridized carbons (Fsp3) is 0.267. The second-order valence-corrected chi connectivity index (χ2v) is 5.21. The molecule has 0 radical (unpaired) electrons. The van der Waals surface area contributed by atoms with Gasteiger partial charge in [0.25, 0.3) is 11.5 Å². The largest absolute Gasteiger partial charge is 0.389 e. The molecule has 1 aromatic carbocycles. The monoisotopic (exact) mass is 285 g/mol. The Labute approximate surface area is 121 Å². The van der Waals surface area contributed by atoms with Gasteiger partial charge in [-0.2, -0.15) is 0 Å². The van der Waals surface area contributed by atoms with Gasteiger partial charge in [-0.25, -0.2) is 4.98 Å². The van der Waals surface area contributed by atoms with Crippen LogP contribution in [0.1, 0.15) is 15.9 Å². The first kappa shape index (κ1) is 13.5. The first-order chi connectivity index (χ1) is 10.0. The normalized spacial score (nSPS) is 14.9. The number of hydrogen-bond acceptors (Lipinski definition) is 4. The van der Waals surface area contributed by atoms with E-state index in [-0.39, 0.29) is 18.7 Å². The van der Waals surface area contributed by atoms with Crippen molar-refractivity contribution in [2.45, 2.75) is 13.0 Å². The maximum Gasteiger partial charge on any atom is 0.264 e. The van der Waals surface area contributed by atoms with Gasteiger partial charge in [-0.1, -0.05) is 23.8 Å². The number of H-pyrrole nitrogens is 1. The van der Waals surface area contributed by atoms with E-state index in [4.69, 9.17) is 0 Å². The Balaban J connectivity index is 1.90. The molecule has 2 aromatic rings. The summed E-state index contributed by atoms with van der Waals surface area (Å²) in [7, 11) is 0. The Bertz CT molecular complexity index is 748. The Morgan fingerprint density at radius 1 is 1.43 bits per heavy atom. The number of aliphatic hydroxyl groups is 1. The summed E-state index contributed by atoms with van der Waals surface area (Å²) in [5.74, 6) is 0.0359. The molecule has 21 heavy (non-hydrogen) atoms. The van der Waals surface area contributed by atoms with E-state index in [1.54, 1.807) is 0 Å². The number of aromatic amines is 1. The first-order valence-corrected chi connectivity index (χ1v) is 6.68. The molecule has 1 aliphatic rings. The van der Waals surface area contributed by atoms with Gasteiger partial charge in [-0.3, -0.25) is 9.59 Å². The van der Waals surface area contributed by atoms with Crippen LogP contribution in [0.2, 0.25) is 0 Å². The van der Waals surface area contributed by atoms with E-state index in [0.29, 0.717) is 5.82 Å². The molecule has 1 aromatic heterocycles. The van der Waals surface area contributed by atoms with Crippen LogP contribution in [-0.2, 0) is 0 Å². The SMILES string of the molecule is Cc1cccc(-c2ncc(C(=O)N3CC(O)C3)c(=O)[nH]2)c1. The van der Waals surface area contributed by atoms with Gasteiger partial charge >= 0.3 is 0 Å². The standard InChI is InChI=1S/C15H15N3O3/c1-9-3-2-4-10(5-9)13-16-6-12(14(20)17-13)15(21)18-7-11(19)8-18/h2-6,11,19H,7-8H2,1H3,(H,16,17,20). The molecule has 0 atom stereocenters. The highest BCUT2D eigenvalue weighted by Crippen LogP contribution is 2.15. The van der Waals surface area contributed by atoms with Crippen LogP contribution >= 0.6 is 0 Å². The van der Waals surface area contributed by atoms with E-state index in [1.165, 1.54) is 11.1 Å². The molecular formula is C15H15N3O3. The average Bonchev–Trinajstić information content (AvgIpc) is 2.43. The summed E-state index contributed by atoms with van der Waals surface area (Å²) in [4.78, 5) is 32.3. The van der Waals surface area contributed by atoms with Crippen molar-refractivity contribution in [3.05, 3.63) is 51.9 Å². The van der Waals surface area contributed by atoms with Crippen molar-refractivity contribution in [2.75, 3.05) is 13.1 Å². The third-order valence-electron chi connectivity index (χ3n) is 3.47. The highest BCUT2D eigenvalue weighted by molar-refractivity contribution is 5.94. The van der Waals surface area contributed by atoms with Gasteiger partial charge in [-0.15, -0.1) is 0 Å². The van der Waals surface area contributed by atoms with Crippen LogP contribution < -0.4 is 5.56 Å². The van der Waals surface area contributed by atoms with Gasteiger partial charge in [0, 0.05) is 24.8 Å². The summed E-state index contributed by atoms with van der Waals surface area (Å²) in [6.45, 7) is 2.48. The summed E-state index contributed by atoms with van der Waals surface area (Å²) in [5.41, 5.74) is 1.39. The van der Waals surface area contributed by atoms with Gasteiger partial charge in [-0.05, 0) is 13.0 Å². The lowest BCUT2D eigenvalue weighted by atomic mass is 10.1. The van der Waals surface area contributed by atoms with Gasteiger partial charge in [0.1, 0.15) is 11.4 Å². The second-order valence-electron chi connectivity index (χ2n) is 5.21. The zero-order valence-corrected chi connectivity index (χ0v) is 11.5. The number of amides is 1. The molecule has 0 bridgehead atoms. The van der Waals surface area contributed by atoms with Gasteiger partial charge in [0.2, 0.25) is 0 Å². The number of nitrogens with one attached hydrogen (secondary N) is 1. The molecule has 0 aliphatic carbocycles. The maximum absolute atomic E-state index is 12.1. The minimum Gasteiger partial charge on any atom is -0.389 e. The maximum atomic E-state index is 12.1. The Morgan fingerprint density at radius 3 is 2.81 bits per heavy atom. The third-order valence-corrected chi connectivity index (χ3v) is 3.47. The Hall–Kier alpha value is -2.47. The summed E-state index contributed by atoms with van der Waals surface area (Å²) >= 11 is 0. The van der Waals surface area contributed by atoms with Crippen molar-refractivity contribution >= 4 is 5.91 Å². The van der Waals surface area contributed by atoms with Crippen molar-refractivity contribution in [1.82, 2.24) is 14.9 Å². The third kappa shape index (κ3) is 2.57. The lowest BCUT2D eigenvalue weighted by Gasteiger charge is -2.35. The predicted octanol–water partition coefficient (Wildman–Crippen LogP) is 0.562. The number of aryl methyl sites for hydroxylation is 1. The number of rotatable bonds is 2. The number of likely N-dealkylation sites (tertiary alicyclic amines) is 1. The van der Waals surface area contributed by atoms with Crippen LogP contribution in [0.3, 0.4) is 0 Å². The smallest absolute Gasteiger partial charge is 0.264 e. The summed E-state index contributed by atoms with van der Waals surface area (Å²) < 4.78 is 0. The Kier molecular flexibility index (Phi) is 3.31. The van der Waals surface area contributed by atoms with E-state index >= 15 is 0 Å². The van der Waals surface area contributed by atoms with E-state index in [9.17, 15) is 14.7 Å². The summed E-state index contributed by atoms with van der Waals surface area (Å²) in [6, 6.07) is 7.59. The molecular weight excluding hydrogens is 270 g/mol. The number of carbonyl (C=O) groups is 1. The highest BCUT2D eigenvalue weighted by Gasteiger charge is 2.30. The number of aromatic nitrogens is 2. The molecule has 108 valence electrons. The molecule has 3 rings (SSSR count). The second kappa shape index (κ2) is 5.14. The van der Waals surface area contributed by atoms with E-state index < -0.39 is 17.6 Å². The fourth-order valence-electron chi connectivity index (χ4n) is 2.28. The predicted molar refractivity (Wildman–Crippen MR) is 76.9 cm³/mol. The summed E-state index contributed by atoms with van der Waals surface area (Å²) in [5, 5.41) is 9.21. The van der Waals surface area contributed by atoms with Gasteiger partial charge in [0.05, 0.1) is 6.10 Å². The quantitative estimate of drug-likeness (QED) is 0.844. The molecule has 1 fully saturated rings. The number of benzene rings is 1. The van der Waals surface area contributed by atoms with Crippen LogP contribution in [0, 0.1) is 6.92 Å². The van der Waals surface area contributed by atoms with Crippen LogP contribution in [0.25, 0.3) is 11.4 Å². The summed E-state index contributed by atoms with van der Waals surface area (Å²) in [6.07, 6.45) is 0.802. The molecule has 0 saturated carbocycles. The van der Waals surface area contributed by atoms with Crippen LogP contribution in [0.5, 0.6) is 0 Å². The molecule has 6 nitrogen and oxygen atoms in total. The molecule has 1 amide bonds. The minimum atomic E-state index is -0.493. The van der Waals surface area contributed by atoms with E-state index in [1.807, 2.05) is 31.2 Å². The Morgan fingerprint density at radius 2 is 2.19 bits per heavy atom. The van der Waals surface area contributed by atoms with E-state index in [2.05, 4.69) is 9.97 Å². The number of aliphatic hydroxyl groups excluding tert-OH is 1. The van der Waals surface area contributed by atoms with Gasteiger partial charge < -0.3 is 15.0 Å². The highest BCUT2D eigenvalue weighted by atomic mass is 16.3. The van der Waals surface area contributed by atoms with Crippen molar-refractivity contribution in [3.8, 4) is 11.4 Å². The number of nitrogens with zero attached hydrogens (tertiary/aromatic N) is 2. The van der Waals surface area contributed by atoms with Crippen molar-refractivity contribution in [3.63, 3.8) is 0 Å². The van der Waals surface area contributed by atoms with Crippen molar-refractivity contribution in [2.24, 2.45) is 0 Å². The lowest BCUT2D eigenvalue weighted by Crippen LogP contribution is -2.54. The zero-order valence-electron chi connectivity index (χ0n) is 11.5. The van der Waals surface area contributed by atoms with Crippen LogP contribution in [-0.4, -0.2) is 45.1 Å². The minimum absolute atomic E-state index is 0.00157. The van der Waals surface area contributed by atoms with Crippen LogP contribution in [0.15, 0.2) is 35.3 Å². The topological polar surface area (TPSA) is 86.3 Å². The molecule has 2 heterocycles. The molecule has 6 heteroatoms. The van der Waals surface area contributed by atoms with Gasteiger partial charge in [0.15, 0.2) is 0 Å². The molecule has 2 N–H and O–H groups in total. The zero-order chi connectivity index (χ0) is 15.0. The van der Waals surface area contributed by atoms with Crippen molar-refractivity contribution in [1.29, 1.82) is 0 Å². The molecule has 0 unspecified atom stereocenters. The van der Waals surface area contributed by atoms with Crippen molar-refractivity contribution < 1.29 is 9.90 Å².